The number of rotatable bonds is 4. The fraction of sp³-hybridized carbons (Fsp3) is 1.00. The maximum absolute atomic E-state index is 8.91. The van der Waals surface area contributed by atoms with E-state index < -0.39 is 0 Å². The van der Waals surface area contributed by atoms with Gasteiger partial charge >= 0.3 is 0 Å². The Labute approximate surface area is 50.5 Å². The molecule has 0 aromatic rings. The quantitative estimate of drug-likeness (QED) is 0.591. The highest BCUT2D eigenvalue weighted by molar-refractivity contribution is 4.49. The minimum Gasteiger partial charge on any atom is -0.393 e. The molecule has 8 heavy (non-hydrogen) atoms. The molecule has 0 aliphatic carbocycles. The molecule has 0 fully saturated rings. The molecule has 0 heterocycles. The lowest BCUT2D eigenvalue weighted by molar-refractivity contribution is 0.107. The van der Waals surface area contributed by atoms with Crippen LogP contribution in [0, 0.1) is 0 Å². The van der Waals surface area contributed by atoms with Crippen LogP contribution in [0.3, 0.4) is 0 Å². The first-order chi connectivity index (χ1) is 3.81. The molecule has 0 aliphatic rings. The van der Waals surface area contributed by atoms with Gasteiger partial charge in [-0.05, 0) is 12.8 Å². The first-order valence-electron chi connectivity index (χ1n) is 2.98. The molecule has 0 aliphatic heterocycles. The summed E-state index contributed by atoms with van der Waals surface area (Å²) in [5.41, 5.74) is 0. The largest absolute Gasteiger partial charge is 0.393 e. The standard InChI is InChI=1S/C6H14O2/c1-3-6(7)4-5-8-2/h6-7H,3-5H2,1-2H3. The Morgan fingerprint density at radius 3 is 2.62 bits per heavy atom. The van der Waals surface area contributed by atoms with Gasteiger partial charge in [-0.25, -0.2) is 0 Å². The van der Waals surface area contributed by atoms with E-state index in [0.717, 1.165) is 12.8 Å². The molecule has 0 spiro atoms. The highest BCUT2D eigenvalue weighted by Crippen LogP contribution is 1.94. The highest BCUT2D eigenvalue weighted by Gasteiger charge is 1.96. The molecule has 0 rings (SSSR count). The molecule has 2 heteroatoms. The molecule has 0 aromatic carbocycles. The Morgan fingerprint density at radius 2 is 2.25 bits per heavy atom. The molecule has 0 saturated heterocycles. The maximum Gasteiger partial charge on any atom is 0.0559 e. The SMILES string of the molecule is CCC(O)CCOC. The van der Waals surface area contributed by atoms with E-state index in [4.69, 9.17) is 9.84 Å². The minimum atomic E-state index is -0.171. The number of aliphatic hydroxyl groups excluding tert-OH is 1. The van der Waals surface area contributed by atoms with Gasteiger partial charge in [0.1, 0.15) is 0 Å². The Bertz CT molecular complexity index is 45.8. The Kier molecular flexibility index (Phi) is 5.01. The average Bonchev–Trinajstić information content (AvgIpc) is 1.83. The summed E-state index contributed by atoms with van der Waals surface area (Å²) in [7, 11) is 1.64. The highest BCUT2D eigenvalue weighted by atomic mass is 16.5. The minimum absolute atomic E-state index is 0.171. The van der Waals surface area contributed by atoms with Gasteiger partial charge in [0, 0.05) is 13.7 Å². The number of hydrogen-bond acceptors (Lipinski definition) is 2. The predicted octanol–water partition coefficient (Wildman–Crippen LogP) is 0.794. The lowest BCUT2D eigenvalue weighted by atomic mass is 10.2. The van der Waals surface area contributed by atoms with Gasteiger partial charge < -0.3 is 9.84 Å². The van der Waals surface area contributed by atoms with E-state index in [-0.39, 0.29) is 6.10 Å². The van der Waals surface area contributed by atoms with Gasteiger partial charge in [-0.3, -0.25) is 0 Å². The first kappa shape index (κ1) is 7.92. The van der Waals surface area contributed by atoms with E-state index in [2.05, 4.69) is 0 Å². The van der Waals surface area contributed by atoms with Crippen molar-refractivity contribution in [3.8, 4) is 0 Å². The second kappa shape index (κ2) is 5.06. The van der Waals surface area contributed by atoms with Crippen molar-refractivity contribution >= 4 is 0 Å². The van der Waals surface area contributed by atoms with Gasteiger partial charge in [0.25, 0.3) is 0 Å². The topological polar surface area (TPSA) is 29.5 Å². The molecule has 0 radical (unpaired) electrons. The molecule has 0 saturated carbocycles. The lowest BCUT2D eigenvalue weighted by Gasteiger charge is -2.04. The van der Waals surface area contributed by atoms with Crippen LogP contribution in [-0.2, 0) is 4.74 Å². The summed E-state index contributed by atoms with van der Waals surface area (Å²) >= 11 is 0. The third-order valence-corrected chi connectivity index (χ3v) is 1.13. The molecule has 1 atom stereocenters. The van der Waals surface area contributed by atoms with E-state index in [1.165, 1.54) is 0 Å². The van der Waals surface area contributed by atoms with Crippen molar-refractivity contribution in [1.82, 2.24) is 0 Å². The van der Waals surface area contributed by atoms with Crippen LogP contribution in [0.2, 0.25) is 0 Å². The van der Waals surface area contributed by atoms with Gasteiger partial charge in [0.15, 0.2) is 0 Å². The number of ether oxygens (including phenoxy) is 1. The molecule has 0 aromatic heterocycles. The smallest absolute Gasteiger partial charge is 0.0559 e. The summed E-state index contributed by atoms with van der Waals surface area (Å²) < 4.78 is 4.75. The zero-order valence-electron chi connectivity index (χ0n) is 5.55. The zero-order valence-corrected chi connectivity index (χ0v) is 5.55. The molecule has 0 amide bonds. The van der Waals surface area contributed by atoms with Crippen molar-refractivity contribution in [2.45, 2.75) is 25.9 Å². The molecule has 1 N–H and O–H groups in total. The molecular formula is C6H14O2. The van der Waals surface area contributed by atoms with Gasteiger partial charge in [0.2, 0.25) is 0 Å². The molecule has 0 bridgehead atoms. The first-order valence-corrected chi connectivity index (χ1v) is 2.98. The lowest BCUT2D eigenvalue weighted by Crippen LogP contribution is -2.07. The Morgan fingerprint density at radius 1 is 1.62 bits per heavy atom. The Hall–Kier alpha value is -0.0800. The van der Waals surface area contributed by atoms with E-state index in [1.807, 2.05) is 6.92 Å². The van der Waals surface area contributed by atoms with Crippen LogP contribution in [-0.4, -0.2) is 24.9 Å². The zero-order chi connectivity index (χ0) is 6.41. The molecule has 1 unspecified atom stereocenters. The molecule has 2 nitrogen and oxygen atoms in total. The third-order valence-electron chi connectivity index (χ3n) is 1.13. The van der Waals surface area contributed by atoms with E-state index in [9.17, 15) is 0 Å². The molecule has 50 valence electrons. The van der Waals surface area contributed by atoms with E-state index in [1.54, 1.807) is 7.11 Å². The monoisotopic (exact) mass is 118 g/mol. The number of methoxy groups -OCH3 is 1. The predicted molar refractivity (Wildman–Crippen MR) is 32.8 cm³/mol. The average molecular weight is 118 g/mol. The summed E-state index contributed by atoms with van der Waals surface area (Å²) in [6.45, 7) is 2.62. The van der Waals surface area contributed by atoms with Crippen molar-refractivity contribution < 1.29 is 9.84 Å². The van der Waals surface area contributed by atoms with Crippen molar-refractivity contribution in [2.75, 3.05) is 13.7 Å². The fourth-order valence-corrected chi connectivity index (χ4v) is 0.458. The fourth-order valence-electron chi connectivity index (χ4n) is 0.458. The summed E-state index contributed by atoms with van der Waals surface area (Å²) in [4.78, 5) is 0. The summed E-state index contributed by atoms with van der Waals surface area (Å²) in [6.07, 6.45) is 1.41. The van der Waals surface area contributed by atoms with E-state index >= 15 is 0 Å². The maximum atomic E-state index is 8.91. The second-order valence-electron chi connectivity index (χ2n) is 1.84. The van der Waals surface area contributed by atoms with E-state index in [0.29, 0.717) is 6.61 Å². The van der Waals surface area contributed by atoms with Gasteiger partial charge in [0.05, 0.1) is 6.10 Å². The Balaban J connectivity index is 2.86. The van der Waals surface area contributed by atoms with Crippen LogP contribution < -0.4 is 0 Å². The second-order valence-corrected chi connectivity index (χ2v) is 1.84. The number of aliphatic hydroxyl groups is 1. The van der Waals surface area contributed by atoms with Crippen molar-refractivity contribution in [3.63, 3.8) is 0 Å². The molecular weight excluding hydrogens is 104 g/mol. The van der Waals surface area contributed by atoms with Crippen LogP contribution in [0.25, 0.3) is 0 Å². The van der Waals surface area contributed by atoms with Gasteiger partial charge in [-0.15, -0.1) is 0 Å². The summed E-state index contributed by atoms with van der Waals surface area (Å²) in [5, 5.41) is 8.91. The van der Waals surface area contributed by atoms with Gasteiger partial charge in [-0.2, -0.15) is 0 Å². The van der Waals surface area contributed by atoms with Crippen LogP contribution in [0.15, 0.2) is 0 Å². The summed E-state index contributed by atoms with van der Waals surface area (Å²) in [6, 6.07) is 0. The van der Waals surface area contributed by atoms with Crippen LogP contribution in [0.4, 0.5) is 0 Å². The van der Waals surface area contributed by atoms with Crippen LogP contribution in [0.5, 0.6) is 0 Å². The normalized spacial score (nSPS) is 13.9. The van der Waals surface area contributed by atoms with Crippen molar-refractivity contribution in [2.24, 2.45) is 0 Å². The summed E-state index contributed by atoms with van der Waals surface area (Å²) in [5.74, 6) is 0. The van der Waals surface area contributed by atoms with Crippen LogP contribution >= 0.6 is 0 Å². The number of hydrogen-bond donors (Lipinski definition) is 1. The van der Waals surface area contributed by atoms with Crippen molar-refractivity contribution in [3.05, 3.63) is 0 Å². The van der Waals surface area contributed by atoms with Gasteiger partial charge in [-0.1, -0.05) is 6.92 Å². The van der Waals surface area contributed by atoms with Crippen LogP contribution in [0.1, 0.15) is 19.8 Å². The third kappa shape index (κ3) is 4.09. The van der Waals surface area contributed by atoms with Crippen molar-refractivity contribution in [1.29, 1.82) is 0 Å².